The molecule has 7 nitrogen and oxygen atoms in total. The number of benzene rings is 1. The number of carbonyl (C=O) groups excluding carboxylic acids is 1. The van der Waals surface area contributed by atoms with Crippen LogP contribution in [0.5, 0.6) is 0 Å². The van der Waals surface area contributed by atoms with Crippen molar-refractivity contribution in [1.29, 1.82) is 0 Å². The molecule has 0 saturated carbocycles. The minimum Gasteiger partial charge on any atom is -0.307 e. The molecule has 1 aromatic carbocycles. The molecule has 0 aliphatic rings. The largest absolute Gasteiger partial charge is 0.333 e. The highest BCUT2D eigenvalue weighted by Crippen LogP contribution is 2.32. The van der Waals surface area contributed by atoms with Crippen LogP contribution in [0.15, 0.2) is 35.6 Å². The first-order chi connectivity index (χ1) is 12.1. The predicted molar refractivity (Wildman–Crippen MR) is 101 cm³/mol. The van der Waals surface area contributed by atoms with Crippen molar-refractivity contribution in [2.75, 3.05) is 5.32 Å². The summed E-state index contributed by atoms with van der Waals surface area (Å²) in [6.07, 6.45) is 2.54. The molecule has 0 saturated heterocycles. The van der Waals surface area contributed by atoms with Crippen LogP contribution in [0.4, 0.5) is 10.5 Å². The van der Waals surface area contributed by atoms with Crippen LogP contribution in [-0.4, -0.2) is 24.4 Å². The molecule has 140 valence electrons. The molecule has 2 rings (SSSR count). The zero-order chi connectivity index (χ0) is 19.5. The molecule has 0 aliphatic carbocycles. The fourth-order valence-electron chi connectivity index (χ4n) is 2.58. The summed E-state index contributed by atoms with van der Waals surface area (Å²) in [6, 6.07) is 4.95. The molecule has 0 radical (unpaired) electrons. The van der Waals surface area contributed by atoms with Gasteiger partial charge in [-0.3, -0.25) is 4.98 Å². The van der Waals surface area contributed by atoms with Crippen molar-refractivity contribution in [2.24, 2.45) is 0 Å². The van der Waals surface area contributed by atoms with Gasteiger partial charge in [0.2, 0.25) is 0 Å². The monoisotopic (exact) mass is 376 g/mol. The second kappa shape index (κ2) is 7.82. The van der Waals surface area contributed by atoms with Gasteiger partial charge < -0.3 is 5.32 Å². The number of sulfonamides is 1. The number of amides is 2. The number of para-hydroxylation sites is 1. The average Bonchev–Trinajstić information content (AvgIpc) is 2.54. The van der Waals surface area contributed by atoms with Gasteiger partial charge in [0.1, 0.15) is 0 Å². The molecule has 1 aromatic heterocycles. The van der Waals surface area contributed by atoms with Crippen LogP contribution >= 0.6 is 0 Å². The molecule has 0 aliphatic heterocycles. The summed E-state index contributed by atoms with van der Waals surface area (Å²) in [5, 5.41) is 2.41. The molecule has 2 amide bonds. The first-order valence-corrected chi connectivity index (χ1v) is 9.85. The highest BCUT2D eigenvalue weighted by molar-refractivity contribution is 7.90. The van der Waals surface area contributed by atoms with Crippen LogP contribution in [0.1, 0.15) is 56.4 Å². The lowest BCUT2D eigenvalue weighted by Crippen LogP contribution is -2.35. The van der Waals surface area contributed by atoms with E-state index in [-0.39, 0.29) is 16.9 Å². The molecular formula is C18H24N4O3S. The molecule has 8 heteroatoms. The third-order valence-electron chi connectivity index (χ3n) is 3.85. The summed E-state index contributed by atoms with van der Waals surface area (Å²) < 4.78 is 26.7. The third kappa shape index (κ3) is 4.57. The van der Waals surface area contributed by atoms with Crippen molar-refractivity contribution < 1.29 is 13.2 Å². The van der Waals surface area contributed by atoms with Gasteiger partial charge in [-0.2, -0.15) is 8.42 Å². The van der Waals surface area contributed by atoms with E-state index < -0.39 is 16.1 Å². The molecule has 0 fully saturated rings. The van der Waals surface area contributed by atoms with Crippen molar-refractivity contribution in [3.63, 3.8) is 0 Å². The number of nitrogens with one attached hydrogen (secondary N) is 2. The Balaban J connectivity index is 2.30. The molecule has 0 unspecified atom stereocenters. The Labute approximate surface area is 154 Å². The SMILES string of the molecule is Cc1cncc(S(=O)(=O)NC(=O)Nc2c(C(C)C)cccc2C(C)C)n1. The van der Waals surface area contributed by atoms with E-state index in [1.54, 1.807) is 6.92 Å². The van der Waals surface area contributed by atoms with Crippen molar-refractivity contribution in [3.05, 3.63) is 47.4 Å². The lowest BCUT2D eigenvalue weighted by Gasteiger charge is -2.20. The van der Waals surface area contributed by atoms with Gasteiger partial charge in [-0.15, -0.1) is 0 Å². The van der Waals surface area contributed by atoms with Crippen LogP contribution in [0, 0.1) is 6.92 Å². The van der Waals surface area contributed by atoms with Gasteiger partial charge in [-0.25, -0.2) is 14.5 Å². The van der Waals surface area contributed by atoms with E-state index in [1.165, 1.54) is 6.20 Å². The van der Waals surface area contributed by atoms with Gasteiger partial charge in [-0.1, -0.05) is 45.9 Å². The van der Waals surface area contributed by atoms with Crippen molar-refractivity contribution in [3.8, 4) is 0 Å². The fourth-order valence-corrected chi connectivity index (χ4v) is 3.44. The summed E-state index contributed by atoms with van der Waals surface area (Å²) in [7, 11) is -4.10. The van der Waals surface area contributed by atoms with Crippen molar-refractivity contribution in [2.45, 2.75) is 51.5 Å². The molecule has 2 aromatic rings. The number of anilines is 1. The van der Waals surface area contributed by atoms with Crippen LogP contribution < -0.4 is 10.0 Å². The number of hydrogen-bond acceptors (Lipinski definition) is 5. The normalized spacial score (nSPS) is 11.7. The number of aryl methyl sites for hydroxylation is 1. The predicted octanol–water partition coefficient (Wildman–Crippen LogP) is 3.54. The van der Waals surface area contributed by atoms with Crippen LogP contribution in [0.3, 0.4) is 0 Å². The van der Waals surface area contributed by atoms with Crippen LogP contribution in [0.25, 0.3) is 0 Å². The minimum atomic E-state index is -4.10. The van der Waals surface area contributed by atoms with E-state index >= 15 is 0 Å². The summed E-state index contributed by atoms with van der Waals surface area (Å²) in [5.74, 6) is 0.339. The van der Waals surface area contributed by atoms with Crippen LogP contribution in [-0.2, 0) is 10.0 Å². The van der Waals surface area contributed by atoms with Gasteiger partial charge >= 0.3 is 6.03 Å². The lowest BCUT2D eigenvalue weighted by molar-refractivity contribution is 0.256. The molecule has 1 heterocycles. The molecule has 0 atom stereocenters. The van der Waals surface area contributed by atoms with Gasteiger partial charge in [0.25, 0.3) is 10.0 Å². The van der Waals surface area contributed by atoms with E-state index in [9.17, 15) is 13.2 Å². The number of rotatable bonds is 5. The second-order valence-electron chi connectivity index (χ2n) is 6.68. The number of urea groups is 1. The maximum atomic E-state index is 12.4. The summed E-state index contributed by atoms with van der Waals surface area (Å²) >= 11 is 0. The summed E-state index contributed by atoms with van der Waals surface area (Å²) in [4.78, 5) is 20.1. The van der Waals surface area contributed by atoms with E-state index in [0.717, 1.165) is 17.3 Å². The fraction of sp³-hybridized carbons (Fsp3) is 0.389. The molecular weight excluding hydrogens is 352 g/mol. The Kier molecular flexibility index (Phi) is 5.97. The molecule has 0 bridgehead atoms. The third-order valence-corrected chi connectivity index (χ3v) is 5.05. The van der Waals surface area contributed by atoms with E-state index in [1.807, 2.05) is 50.6 Å². The Morgan fingerprint density at radius 1 is 1.04 bits per heavy atom. The zero-order valence-corrected chi connectivity index (χ0v) is 16.4. The topological polar surface area (TPSA) is 101 Å². The highest BCUT2D eigenvalue weighted by Gasteiger charge is 2.22. The summed E-state index contributed by atoms with van der Waals surface area (Å²) in [6.45, 7) is 9.69. The molecule has 2 N–H and O–H groups in total. The average molecular weight is 376 g/mol. The minimum absolute atomic E-state index is 0.170. The maximum Gasteiger partial charge on any atom is 0.333 e. The van der Waals surface area contributed by atoms with E-state index in [4.69, 9.17) is 0 Å². The molecule has 26 heavy (non-hydrogen) atoms. The smallest absolute Gasteiger partial charge is 0.307 e. The second-order valence-corrected chi connectivity index (χ2v) is 8.31. The molecule has 0 spiro atoms. The Bertz CT molecular complexity index is 882. The first-order valence-electron chi connectivity index (χ1n) is 8.37. The standard InChI is InChI=1S/C18H24N4O3S/c1-11(2)14-7-6-8-15(12(3)4)17(14)21-18(23)22-26(24,25)16-10-19-9-13(5)20-16/h6-12H,1-5H3,(H2,21,22,23). The number of hydrogen-bond donors (Lipinski definition) is 2. The van der Waals surface area contributed by atoms with Gasteiger partial charge in [0, 0.05) is 11.9 Å². The van der Waals surface area contributed by atoms with Gasteiger partial charge in [0.15, 0.2) is 5.03 Å². The maximum absolute atomic E-state index is 12.4. The quantitative estimate of drug-likeness (QED) is 0.831. The highest BCUT2D eigenvalue weighted by atomic mass is 32.2. The zero-order valence-electron chi connectivity index (χ0n) is 15.6. The number of carbonyl (C=O) groups is 1. The Morgan fingerprint density at radius 3 is 2.12 bits per heavy atom. The number of aromatic nitrogens is 2. The van der Waals surface area contributed by atoms with E-state index in [2.05, 4.69) is 15.3 Å². The van der Waals surface area contributed by atoms with Gasteiger partial charge in [-0.05, 0) is 29.9 Å². The van der Waals surface area contributed by atoms with Crippen molar-refractivity contribution in [1.82, 2.24) is 14.7 Å². The Hall–Kier alpha value is -2.48. The first kappa shape index (κ1) is 19.8. The van der Waals surface area contributed by atoms with Crippen molar-refractivity contribution >= 4 is 21.7 Å². The summed E-state index contributed by atoms with van der Waals surface area (Å²) in [5.41, 5.74) is 2.97. The number of nitrogens with zero attached hydrogens (tertiary/aromatic N) is 2. The van der Waals surface area contributed by atoms with Gasteiger partial charge in [0.05, 0.1) is 11.9 Å². The lowest BCUT2D eigenvalue weighted by atomic mass is 9.93. The Morgan fingerprint density at radius 2 is 1.62 bits per heavy atom. The van der Waals surface area contributed by atoms with E-state index in [0.29, 0.717) is 11.4 Å². The van der Waals surface area contributed by atoms with Crippen LogP contribution in [0.2, 0.25) is 0 Å².